The molecule has 0 unspecified atom stereocenters. The fraction of sp³-hybridized carbons (Fsp3) is 0.412. The van der Waals surface area contributed by atoms with E-state index in [1.54, 1.807) is 0 Å². The quantitative estimate of drug-likeness (QED) is 0.594. The molecule has 6 heteroatoms. The van der Waals surface area contributed by atoms with Crippen LogP contribution >= 0.6 is 0 Å². The van der Waals surface area contributed by atoms with Crippen LogP contribution < -0.4 is 15.4 Å². The Hall–Kier alpha value is -2.21. The van der Waals surface area contributed by atoms with Gasteiger partial charge in [0.2, 0.25) is 5.91 Å². The summed E-state index contributed by atoms with van der Waals surface area (Å²) in [4.78, 5) is 23.8. The highest BCUT2D eigenvalue weighted by Gasteiger charge is 2.12. The zero-order valence-electron chi connectivity index (χ0n) is 13.2. The molecule has 0 saturated carbocycles. The molecule has 23 heavy (non-hydrogen) atoms. The highest BCUT2D eigenvalue weighted by Crippen LogP contribution is 2.18. The van der Waals surface area contributed by atoms with Crippen molar-refractivity contribution in [2.24, 2.45) is 0 Å². The van der Waals surface area contributed by atoms with Crippen molar-refractivity contribution in [3.8, 4) is 5.75 Å². The molecule has 5 nitrogen and oxygen atoms in total. The van der Waals surface area contributed by atoms with Crippen molar-refractivity contribution in [3.63, 3.8) is 0 Å². The van der Waals surface area contributed by atoms with Crippen LogP contribution in [0.5, 0.6) is 5.75 Å². The van der Waals surface area contributed by atoms with Gasteiger partial charge in [0.15, 0.2) is 17.3 Å². The SMILES string of the molecule is COc1ccc(C(=O)CCC(=O)NCC2=CCNCC2)cc1F. The lowest BCUT2D eigenvalue weighted by Gasteiger charge is -2.14. The summed E-state index contributed by atoms with van der Waals surface area (Å²) in [7, 11) is 1.36. The van der Waals surface area contributed by atoms with Crippen LogP contribution in [-0.4, -0.2) is 38.4 Å². The van der Waals surface area contributed by atoms with E-state index in [1.807, 2.05) is 0 Å². The van der Waals surface area contributed by atoms with Crippen LogP contribution in [-0.2, 0) is 4.79 Å². The van der Waals surface area contributed by atoms with Crippen molar-refractivity contribution in [3.05, 3.63) is 41.2 Å². The summed E-state index contributed by atoms with van der Waals surface area (Å²) >= 11 is 0. The number of amides is 1. The van der Waals surface area contributed by atoms with Crippen molar-refractivity contribution < 1.29 is 18.7 Å². The minimum Gasteiger partial charge on any atom is -0.494 e. The van der Waals surface area contributed by atoms with E-state index >= 15 is 0 Å². The van der Waals surface area contributed by atoms with Crippen molar-refractivity contribution in [1.29, 1.82) is 0 Å². The van der Waals surface area contributed by atoms with Gasteiger partial charge in [0.05, 0.1) is 7.11 Å². The molecule has 0 bridgehead atoms. The van der Waals surface area contributed by atoms with Gasteiger partial charge in [0.25, 0.3) is 0 Å². The van der Waals surface area contributed by atoms with Crippen LogP contribution in [0.1, 0.15) is 29.6 Å². The van der Waals surface area contributed by atoms with Crippen molar-refractivity contribution >= 4 is 11.7 Å². The van der Waals surface area contributed by atoms with Gasteiger partial charge in [-0.3, -0.25) is 9.59 Å². The van der Waals surface area contributed by atoms with E-state index in [4.69, 9.17) is 4.74 Å². The Bertz CT molecular complexity index is 614. The minimum absolute atomic E-state index is 0.0538. The molecule has 1 heterocycles. The summed E-state index contributed by atoms with van der Waals surface area (Å²) in [5.41, 5.74) is 1.44. The van der Waals surface area contributed by atoms with Crippen molar-refractivity contribution in [1.82, 2.24) is 10.6 Å². The molecule has 2 rings (SSSR count). The van der Waals surface area contributed by atoms with E-state index < -0.39 is 5.82 Å². The van der Waals surface area contributed by atoms with Gasteiger partial charge in [-0.2, -0.15) is 0 Å². The fourth-order valence-corrected chi connectivity index (χ4v) is 2.34. The van der Waals surface area contributed by atoms with Gasteiger partial charge in [0.1, 0.15) is 0 Å². The predicted octanol–water partition coefficient (Wildman–Crippen LogP) is 1.83. The first-order valence-electron chi connectivity index (χ1n) is 7.62. The number of ether oxygens (including phenoxy) is 1. The molecular formula is C17H21FN2O3. The number of halogens is 1. The third-order valence-electron chi connectivity index (χ3n) is 3.72. The number of ketones is 1. The second-order valence-corrected chi connectivity index (χ2v) is 5.37. The fourth-order valence-electron chi connectivity index (χ4n) is 2.34. The molecule has 1 aliphatic heterocycles. The molecule has 0 radical (unpaired) electrons. The smallest absolute Gasteiger partial charge is 0.220 e. The molecule has 0 fully saturated rings. The van der Waals surface area contributed by atoms with E-state index in [9.17, 15) is 14.0 Å². The average Bonchev–Trinajstić information content (AvgIpc) is 2.58. The van der Waals surface area contributed by atoms with E-state index in [1.165, 1.54) is 24.8 Å². The average molecular weight is 320 g/mol. The standard InChI is InChI=1S/C17H21FN2O3/c1-23-16-4-2-13(10-14(16)18)15(21)3-5-17(22)20-11-12-6-8-19-9-7-12/h2,4,6,10,19H,3,5,7-9,11H2,1H3,(H,20,22). The normalized spacial score (nSPS) is 14.1. The zero-order valence-corrected chi connectivity index (χ0v) is 13.2. The molecule has 0 spiro atoms. The molecule has 1 aromatic rings. The molecule has 1 amide bonds. The number of carbonyl (C=O) groups is 2. The van der Waals surface area contributed by atoms with Gasteiger partial charge in [-0.25, -0.2) is 4.39 Å². The molecule has 0 atom stereocenters. The monoisotopic (exact) mass is 320 g/mol. The molecule has 124 valence electrons. The number of carbonyl (C=O) groups excluding carboxylic acids is 2. The Morgan fingerprint density at radius 2 is 2.17 bits per heavy atom. The lowest BCUT2D eigenvalue weighted by Crippen LogP contribution is -2.29. The number of hydrogen-bond acceptors (Lipinski definition) is 4. The molecule has 1 aromatic carbocycles. The maximum absolute atomic E-state index is 13.6. The van der Waals surface area contributed by atoms with Crippen LogP contribution in [0, 0.1) is 5.82 Å². The topological polar surface area (TPSA) is 67.4 Å². The Labute approximate surface area is 134 Å². The lowest BCUT2D eigenvalue weighted by atomic mass is 10.1. The third-order valence-corrected chi connectivity index (χ3v) is 3.72. The van der Waals surface area contributed by atoms with Gasteiger partial charge in [-0.15, -0.1) is 0 Å². The number of benzene rings is 1. The summed E-state index contributed by atoms with van der Waals surface area (Å²) in [6, 6.07) is 4.05. The van der Waals surface area contributed by atoms with Crippen LogP contribution in [0.4, 0.5) is 4.39 Å². The van der Waals surface area contributed by atoms with Gasteiger partial charge in [-0.1, -0.05) is 11.6 Å². The minimum atomic E-state index is -0.583. The lowest BCUT2D eigenvalue weighted by molar-refractivity contribution is -0.120. The second-order valence-electron chi connectivity index (χ2n) is 5.37. The Morgan fingerprint density at radius 1 is 1.35 bits per heavy atom. The number of Topliss-reactive ketones (excluding diaryl/α,β-unsaturated/α-hetero) is 1. The first-order chi connectivity index (χ1) is 11.1. The molecule has 0 aromatic heterocycles. The largest absolute Gasteiger partial charge is 0.494 e. The van der Waals surface area contributed by atoms with Crippen LogP contribution in [0.2, 0.25) is 0 Å². The summed E-state index contributed by atoms with van der Waals surface area (Å²) in [5.74, 6) is -0.926. The Kier molecular flexibility index (Phi) is 6.29. The molecule has 2 N–H and O–H groups in total. The summed E-state index contributed by atoms with van der Waals surface area (Å²) in [6.45, 7) is 2.27. The second kappa shape index (κ2) is 8.43. The number of methoxy groups -OCH3 is 1. The first-order valence-corrected chi connectivity index (χ1v) is 7.62. The number of nitrogens with one attached hydrogen (secondary N) is 2. The first kappa shape index (κ1) is 17.1. The molecule has 1 aliphatic rings. The van der Waals surface area contributed by atoms with Gasteiger partial charge >= 0.3 is 0 Å². The Morgan fingerprint density at radius 3 is 2.83 bits per heavy atom. The molecule has 0 aliphatic carbocycles. The highest BCUT2D eigenvalue weighted by atomic mass is 19.1. The van der Waals surface area contributed by atoms with Crippen LogP contribution in [0.15, 0.2) is 29.8 Å². The maximum atomic E-state index is 13.6. The van der Waals surface area contributed by atoms with E-state index in [-0.39, 0.29) is 35.8 Å². The predicted molar refractivity (Wildman–Crippen MR) is 85.1 cm³/mol. The molecule has 0 saturated heterocycles. The van der Waals surface area contributed by atoms with E-state index in [0.717, 1.165) is 25.6 Å². The zero-order chi connectivity index (χ0) is 16.7. The Balaban J connectivity index is 1.78. The maximum Gasteiger partial charge on any atom is 0.220 e. The molecular weight excluding hydrogens is 299 g/mol. The number of rotatable bonds is 7. The highest BCUT2D eigenvalue weighted by molar-refractivity contribution is 5.98. The van der Waals surface area contributed by atoms with Gasteiger partial charge in [0, 0.05) is 31.5 Å². The number of hydrogen-bond donors (Lipinski definition) is 2. The van der Waals surface area contributed by atoms with Crippen molar-refractivity contribution in [2.45, 2.75) is 19.3 Å². The van der Waals surface area contributed by atoms with Crippen LogP contribution in [0.25, 0.3) is 0 Å². The summed E-state index contributed by atoms with van der Waals surface area (Å²) < 4.78 is 18.4. The summed E-state index contributed by atoms with van der Waals surface area (Å²) in [6.07, 6.45) is 3.13. The summed E-state index contributed by atoms with van der Waals surface area (Å²) in [5, 5.41) is 6.01. The van der Waals surface area contributed by atoms with Crippen LogP contribution in [0.3, 0.4) is 0 Å². The van der Waals surface area contributed by atoms with E-state index in [2.05, 4.69) is 16.7 Å². The van der Waals surface area contributed by atoms with Gasteiger partial charge in [-0.05, 0) is 31.2 Å². The van der Waals surface area contributed by atoms with Crippen molar-refractivity contribution in [2.75, 3.05) is 26.7 Å². The van der Waals surface area contributed by atoms with E-state index in [0.29, 0.717) is 6.54 Å². The van der Waals surface area contributed by atoms with Gasteiger partial charge < -0.3 is 15.4 Å². The third kappa shape index (κ3) is 5.17.